The highest BCUT2D eigenvalue weighted by Crippen LogP contribution is 2.60. The zero-order chi connectivity index (χ0) is 41.2. The summed E-state index contributed by atoms with van der Waals surface area (Å²) in [4.78, 5) is 43.7. The average molecular weight is 800 g/mol. The fourth-order valence-corrected chi connectivity index (χ4v) is 12.8. The third-order valence-corrected chi connectivity index (χ3v) is 16.1. The number of anilines is 3. The molecule has 0 bridgehead atoms. The number of rotatable bonds is 13. The molecule has 11 nitrogen and oxygen atoms in total. The van der Waals surface area contributed by atoms with E-state index in [1.54, 1.807) is 80.8 Å². The molecule has 2 aliphatic heterocycles. The summed E-state index contributed by atoms with van der Waals surface area (Å²) in [5, 5.41) is 17.6. The van der Waals surface area contributed by atoms with Gasteiger partial charge in [0.15, 0.2) is 5.60 Å². The van der Waals surface area contributed by atoms with Gasteiger partial charge >= 0.3 is 0 Å². The summed E-state index contributed by atoms with van der Waals surface area (Å²) in [7, 11) is 2.36. The van der Waals surface area contributed by atoms with Gasteiger partial charge < -0.3 is 39.6 Å². The molecule has 300 valence electrons. The number of hydrogen-bond donors (Lipinski definition) is 3. The minimum atomic E-state index is -2.42. The maximum atomic E-state index is 15.3. The molecule has 0 radical (unpaired) electrons. The second kappa shape index (κ2) is 16.5. The highest BCUT2D eigenvalue weighted by Gasteiger charge is 2.66. The number of nitrogens with zero attached hydrogens (tertiary/aromatic N) is 1. The number of carbonyl (C=O) groups is 3. The van der Waals surface area contributed by atoms with Crippen molar-refractivity contribution in [3.05, 3.63) is 138 Å². The van der Waals surface area contributed by atoms with Crippen molar-refractivity contribution in [1.29, 1.82) is 0 Å². The fraction of sp³-hybridized carbons (Fsp3) is 0.283. The van der Waals surface area contributed by atoms with Gasteiger partial charge in [0.1, 0.15) is 17.2 Å². The molecule has 4 atom stereocenters. The van der Waals surface area contributed by atoms with Gasteiger partial charge in [-0.3, -0.25) is 14.4 Å². The van der Waals surface area contributed by atoms with Gasteiger partial charge in [0.2, 0.25) is 0 Å². The van der Waals surface area contributed by atoms with Crippen LogP contribution in [0.25, 0.3) is 0 Å². The Morgan fingerprint density at radius 1 is 0.759 bits per heavy atom. The molecule has 12 heteroatoms. The third-order valence-electron chi connectivity index (χ3n) is 11.7. The summed E-state index contributed by atoms with van der Waals surface area (Å²) in [5.74, 6) is 0.939. The van der Waals surface area contributed by atoms with Crippen molar-refractivity contribution >= 4 is 48.0 Å². The smallest absolute Gasteiger partial charge is 0.264 e. The van der Waals surface area contributed by atoms with Gasteiger partial charge in [-0.1, -0.05) is 49.5 Å². The molecular weight excluding hydrogens is 751 g/mol. The normalized spacial score (nSPS) is 19.8. The number of nitrogens with one attached hydrogen (secondary N) is 2. The van der Waals surface area contributed by atoms with Crippen molar-refractivity contribution in [2.24, 2.45) is 5.92 Å². The molecule has 3 amide bonds. The van der Waals surface area contributed by atoms with E-state index < -0.39 is 19.8 Å². The lowest BCUT2D eigenvalue weighted by molar-refractivity contribution is -0.146. The van der Waals surface area contributed by atoms with Crippen LogP contribution >= 0.6 is 0 Å². The maximum Gasteiger partial charge on any atom is 0.264 e. The van der Waals surface area contributed by atoms with Crippen molar-refractivity contribution < 1.29 is 38.4 Å². The molecule has 1 fully saturated rings. The van der Waals surface area contributed by atoms with Gasteiger partial charge in [0.25, 0.3) is 17.7 Å². The van der Waals surface area contributed by atoms with Gasteiger partial charge in [-0.2, -0.15) is 0 Å². The predicted octanol–water partition coefficient (Wildman–Crippen LogP) is 7.36. The van der Waals surface area contributed by atoms with E-state index in [0.717, 1.165) is 11.3 Å². The molecular formula is C46H49N3O8Si. The first kappa shape index (κ1) is 40.3. The van der Waals surface area contributed by atoms with Crippen LogP contribution in [-0.2, 0) is 21.7 Å². The highest BCUT2D eigenvalue weighted by molar-refractivity contribution is 6.91. The van der Waals surface area contributed by atoms with Crippen molar-refractivity contribution in [3.8, 4) is 17.2 Å². The molecule has 58 heavy (non-hydrogen) atoms. The van der Waals surface area contributed by atoms with Crippen LogP contribution in [0.3, 0.4) is 0 Å². The molecule has 2 aliphatic rings. The van der Waals surface area contributed by atoms with Crippen LogP contribution in [0, 0.1) is 5.92 Å². The molecule has 1 saturated heterocycles. The molecule has 1 spiro atoms. The quantitative estimate of drug-likeness (QED) is 0.105. The first-order valence-electron chi connectivity index (χ1n) is 19.3. The Balaban J connectivity index is 1.25. The SMILES string of the molecule is COc1ccc(C(=O)Nc2cccc(CN3C(=O)[C@]4(O[C@H](CCO)[C@@H]([Si](C)(C)c5ccc(OC)cc5)[C@@H]4C)c4cc(NC(=O)c5ccc(OC)cc5)ccc43)c2)cc1. The number of aliphatic hydroxyl groups is 1. The number of benzene rings is 5. The lowest BCUT2D eigenvalue weighted by Gasteiger charge is -2.37. The number of ether oxygens (including phenoxy) is 4. The number of carbonyl (C=O) groups excluding carboxylic acids is 3. The third kappa shape index (κ3) is 7.46. The summed E-state index contributed by atoms with van der Waals surface area (Å²) >= 11 is 0. The van der Waals surface area contributed by atoms with E-state index in [1.165, 1.54) is 5.19 Å². The Kier molecular flexibility index (Phi) is 11.4. The summed E-state index contributed by atoms with van der Waals surface area (Å²) in [6.45, 7) is 6.76. The van der Waals surface area contributed by atoms with E-state index in [4.69, 9.17) is 18.9 Å². The Labute approximate surface area is 339 Å². The number of amides is 3. The van der Waals surface area contributed by atoms with E-state index >= 15 is 4.79 Å². The second-order valence-electron chi connectivity index (χ2n) is 15.4. The van der Waals surface area contributed by atoms with Crippen LogP contribution in [0.15, 0.2) is 115 Å². The van der Waals surface area contributed by atoms with Crippen molar-refractivity contribution in [2.45, 2.75) is 50.2 Å². The first-order valence-corrected chi connectivity index (χ1v) is 22.4. The largest absolute Gasteiger partial charge is 0.497 e. The van der Waals surface area contributed by atoms with Gasteiger partial charge in [-0.05, 0) is 109 Å². The first-order chi connectivity index (χ1) is 27.9. The van der Waals surface area contributed by atoms with E-state index in [0.29, 0.717) is 51.7 Å². The van der Waals surface area contributed by atoms with E-state index in [-0.39, 0.29) is 42.3 Å². The minimum absolute atomic E-state index is 0.0705. The molecule has 7 rings (SSSR count). The molecule has 0 aromatic heterocycles. The monoisotopic (exact) mass is 799 g/mol. The van der Waals surface area contributed by atoms with E-state index in [1.807, 2.05) is 48.5 Å². The summed E-state index contributed by atoms with van der Waals surface area (Å²) in [5.41, 5.74) is 2.67. The van der Waals surface area contributed by atoms with Crippen LogP contribution in [0.4, 0.5) is 17.1 Å². The van der Waals surface area contributed by atoms with E-state index in [9.17, 15) is 14.7 Å². The predicted molar refractivity (Wildman–Crippen MR) is 227 cm³/mol. The van der Waals surface area contributed by atoms with Crippen molar-refractivity contribution in [1.82, 2.24) is 0 Å². The van der Waals surface area contributed by atoms with E-state index in [2.05, 4.69) is 42.8 Å². The summed E-state index contributed by atoms with van der Waals surface area (Å²) < 4.78 is 23.1. The Morgan fingerprint density at radius 3 is 1.83 bits per heavy atom. The Hall–Kier alpha value is -5.95. The standard InChI is InChI=1S/C46H49N3O8Si/c1-29-42(58(5,6)38-21-19-37(56-4)20-22-38)41(24-25-50)57-46(29)39-27-34(48-44(52)32-12-17-36(55-3)18-13-32)14-23-40(39)49(45(46)53)28-30-8-7-9-33(26-30)47-43(51)31-10-15-35(54-2)16-11-31/h7-23,26-27,29,41-42,50H,24-25,28H2,1-6H3,(H,47,51)(H,48,52)/t29-,41+,42-,46+/m0/s1. The summed E-state index contributed by atoms with van der Waals surface area (Å²) in [6.07, 6.45) is -0.0648. The second-order valence-corrected chi connectivity index (χ2v) is 20.0. The number of fused-ring (bicyclic) bond motifs is 2. The lowest BCUT2D eigenvalue weighted by atomic mass is 9.82. The van der Waals surface area contributed by atoms with Crippen molar-refractivity contribution in [3.63, 3.8) is 0 Å². The van der Waals surface area contributed by atoms with Gasteiger partial charge in [-0.25, -0.2) is 0 Å². The average Bonchev–Trinajstić information content (AvgIpc) is 3.66. The molecule has 0 saturated carbocycles. The van der Waals surface area contributed by atoms with Crippen LogP contribution in [-0.4, -0.2) is 64.9 Å². The van der Waals surface area contributed by atoms with Gasteiger partial charge in [0.05, 0.1) is 47.7 Å². The van der Waals surface area contributed by atoms with Crippen LogP contribution < -0.4 is 34.9 Å². The number of aliphatic hydroxyl groups excluding tert-OH is 1. The number of hydrogen-bond acceptors (Lipinski definition) is 8. The molecule has 5 aromatic rings. The molecule has 0 aliphatic carbocycles. The molecule has 3 N–H and O–H groups in total. The fourth-order valence-electron chi connectivity index (χ4n) is 8.77. The highest BCUT2D eigenvalue weighted by atomic mass is 28.3. The topological polar surface area (TPSA) is 136 Å². The van der Waals surface area contributed by atoms with Gasteiger partial charge in [-0.15, -0.1) is 0 Å². The van der Waals surface area contributed by atoms with Crippen LogP contribution in [0.2, 0.25) is 18.6 Å². The van der Waals surface area contributed by atoms with Gasteiger partial charge in [0, 0.05) is 40.6 Å². The molecule has 2 heterocycles. The number of methoxy groups -OCH3 is 3. The Bertz CT molecular complexity index is 2300. The van der Waals surface area contributed by atoms with Crippen LogP contribution in [0.5, 0.6) is 17.2 Å². The zero-order valence-corrected chi connectivity index (χ0v) is 34.6. The summed E-state index contributed by atoms with van der Waals surface area (Å²) in [6, 6.07) is 34.8. The minimum Gasteiger partial charge on any atom is -0.497 e. The Morgan fingerprint density at radius 2 is 1.29 bits per heavy atom. The molecule has 5 aromatic carbocycles. The van der Waals surface area contributed by atoms with Crippen molar-refractivity contribution in [2.75, 3.05) is 43.5 Å². The van der Waals surface area contributed by atoms with Crippen LogP contribution in [0.1, 0.15) is 45.2 Å². The lowest BCUT2D eigenvalue weighted by Crippen LogP contribution is -2.51. The zero-order valence-electron chi connectivity index (χ0n) is 33.6. The molecule has 0 unspecified atom stereocenters. The maximum absolute atomic E-state index is 15.3.